The maximum atomic E-state index is 13.3. The van der Waals surface area contributed by atoms with E-state index in [9.17, 15) is 9.59 Å². The van der Waals surface area contributed by atoms with Gasteiger partial charge in [-0.15, -0.1) is 0 Å². The number of anilines is 2. The molecule has 2 amide bonds. The van der Waals surface area contributed by atoms with Crippen LogP contribution in [0.5, 0.6) is 0 Å². The molecule has 2 fully saturated rings. The van der Waals surface area contributed by atoms with E-state index in [0.717, 1.165) is 16.0 Å². The molecule has 5 rings (SSSR count). The third-order valence-electron chi connectivity index (χ3n) is 5.69. The summed E-state index contributed by atoms with van der Waals surface area (Å²) in [5, 5.41) is 3.27. The Morgan fingerprint density at radius 1 is 1.03 bits per heavy atom. The molecule has 2 aromatic heterocycles. The second-order valence-electron chi connectivity index (χ2n) is 8.45. The third-order valence-corrected chi connectivity index (χ3v) is 6.64. The average molecular weight is 468 g/mol. The first-order valence-corrected chi connectivity index (χ1v) is 11.7. The first-order chi connectivity index (χ1) is 15.9. The molecule has 0 unspecified atom stereocenters. The second-order valence-corrected chi connectivity index (χ2v) is 9.48. The Bertz CT molecular complexity index is 1130. The van der Waals surface area contributed by atoms with Crippen LogP contribution in [0.15, 0.2) is 48.7 Å². The van der Waals surface area contributed by atoms with Crippen LogP contribution in [0.2, 0.25) is 0 Å². The quantitative estimate of drug-likeness (QED) is 0.630. The molecule has 0 bridgehead atoms. The lowest BCUT2D eigenvalue weighted by Gasteiger charge is -2.36. The molecule has 1 N–H and O–H groups in total. The van der Waals surface area contributed by atoms with E-state index in [1.807, 2.05) is 42.5 Å². The van der Waals surface area contributed by atoms with Gasteiger partial charge >= 0.3 is 0 Å². The number of rotatable bonds is 4. The van der Waals surface area contributed by atoms with Gasteiger partial charge in [0.15, 0.2) is 23.1 Å². The Kier molecular flexibility index (Phi) is 5.73. The van der Waals surface area contributed by atoms with Gasteiger partial charge in [-0.2, -0.15) is 0 Å². The summed E-state index contributed by atoms with van der Waals surface area (Å²) in [5.74, 6) is -0.846. The molecule has 2 saturated heterocycles. The van der Waals surface area contributed by atoms with Gasteiger partial charge in [0.2, 0.25) is 0 Å². The van der Waals surface area contributed by atoms with Crippen molar-refractivity contribution < 1.29 is 19.1 Å². The molecule has 0 saturated carbocycles. The van der Waals surface area contributed by atoms with Gasteiger partial charge in [0.1, 0.15) is 5.82 Å². The monoisotopic (exact) mass is 467 g/mol. The number of amides is 2. The van der Waals surface area contributed by atoms with Gasteiger partial charge in [-0.05, 0) is 38.1 Å². The number of piperazine rings is 1. The maximum Gasteiger partial charge on any atom is 0.258 e. The number of para-hydroxylation sites is 1. The van der Waals surface area contributed by atoms with Crippen molar-refractivity contribution >= 4 is 44.3 Å². The summed E-state index contributed by atoms with van der Waals surface area (Å²) in [6.45, 7) is 5.75. The average Bonchev–Trinajstić information content (AvgIpc) is 3.38. The van der Waals surface area contributed by atoms with Crippen LogP contribution < -0.4 is 10.2 Å². The molecule has 1 aromatic carbocycles. The Balaban J connectivity index is 1.27. The third kappa shape index (κ3) is 4.54. The fourth-order valence-electron chi connectivity index (χ4n) is 4.11. The number of nitrogens with one attached hydrogen (secondary N) is 1. The predicted molar refractivity (Wildman–Crippen MR) is 125 cm³/mol. The zero-order valence-electron chi connectivity index (χ0n) is 18.4. The van der Waals surface area contributed by atoms with Crippen molar-refractivity contribution in [3.8, 4) is 0 Å². The first kappa shape index (κ1) is 21.7. The number of nitrogens with zero attached hydrogens (tertiary/aromatic N) is 4. The number of hydrogen-bond donors (Lipinski definition) is 1. The standard InChI is InChI=1S/C23H25N5O4S/c1-23(2)31-18(20(29)26-22-25-15-7-3-4-8-16(15)33-22)19(32-23)21(30)28-13-11-27(12-14-28)17-9-5-6-10-24-17/h3-10,18-19H,11-14H2,1-2H3,(H,25,26,29)/t18-,19-/m1/s1. The lowest BCUT2D eigenvalue weighted by Crippen LogP contribution is -2.54. The number of aromatic nitrogens is 2. The summed E-state index contributed by atoms with van der Waals surface area (Å²) in [7, 11) is 0. The van der Waals surface area contributed by atoms with Crippen LogP contribution in [0.3, 0.4) is 0 Å². The number of pyridine rings is 1. The van der Waals surface area contributed by atoms with Crippen LogP contribution in [0, 0.1) is 0 Å². The van der Waals surface area contributed by atoms with E-state index in [1.165, 1.54) is 11.3 Å². The number of hydrogen-bond acceptors (Lipinski definition) is 8. The van der Waals surface area contributed by atoms with Gasteiger partial charge < -0.3 is 19.3 Å². The summed E-state index contributed by atoms with van der Waals surface area (Å²) in [6.07, 6.45) is -0.322. The minimum Gasteiger partial charge on any atom is -0.353 e. The lowest BCUT2D eigenvalue weighted by atomic mass is 10.1. The first-order valence-electron chi connectivity index (χ1n) is 10.9. The normalized spacial score (nSPS) is 22.5. The Morgan fingerprint density at radius 3 is 2.48 bits per heavy atom. The summed E-state index contributed by atoms with van der Waals surface area (Å²) < 4.78 is 12.7. The number of ether oxygens (including phenoxy) is 2. The van der Waals surface area contributed by atoms with Gasteiger partial charge in [-0.3, -0.25) is 14.9 Å². The molecule has 0 aliphatic carbocycles. The fourth-order valence-corrected chi connectivity index (χ4v) is 4.98. The SMILES string of the molecule is CC1(C)O[C@@H](C(=O)Nc2nc3ccccc3s2)[C@H](C(=O)N2CCN(c3ccccn3)CC2)O1. The Morgan fingerprint density at radius 2 is 1.76 bits per heavy atom. The molecule has 9 nitrogen and oxygen atoms in total. The zero-order valence-corrected chi connectivity index (χ0v) is 19.2. The van der Waals surface area contributed by atoms with E-state index >= 15 is 0 Å². The maximum absolute atomic E-state index is 13.3. The van der Waals surface area contributed by atoms with Crippen LogP contribution in [0.4, 0.5) is 10.9 Å². The number of benzene rings is 1. The highest BCUT2D eigenvalue weighted by Crippen LogP contribution is 2.32. The fraction of sp³-hybridized carbons (Fsp3) is 0.391. The molecule has 2 atom stereocenters. The highest BCUT2D eigenvalue weighted by Gasteiger charge is 2.50. The van der Waals surface area contributed by atoms with Gasteiger partial charge in [0.25, 0.3) is 11.8 Å². The number of carbonyl (C=O) groups is 2. The Labute approximate surface area is 195 Å². The summed E-state index contributed by atoms with van der Waals surface area (Å²) >= 11 is 1.37. The molecular weight excluding hydrogens is 442 g/mol. The van der Waals surface area contributed by atoms with Crippen LogP contribution >= 0.6 is 11.3 Å². The minimum atomic E-state index is -1.06. The summed E-state index contributed by atoms with van der Waals surface area (Å²) in [6, 6.07) is 13.4. The molecule has 3 aromatic rings. The molecule has 2 aliphatic rings. The molecule has 0 radical (unpaired) electrons. The van der Waals surface area contributed by atoms with Crippen molar-refractivity contribution in [2.75, 3.05) is 36.4 Å². The lowest BCUT2D eigenvalue weighted by molar-refractivity contribution is -0.162. The Hall–Kier alpha value is -3.08. The largest absolute Gasteiger partial charge is 0.353 e. The molecule has 33 heavy (non-hydrogen) atoms. The van der Waals surface area contributed by atoms with Crippen molar-refractivity contribution in [1.29, 1.82) is 0 Å². The van der Waals surface area contributed by atoms with Crippen molar-refractivity contribution in [2.45, 2.75) is 31.8 Å². The number of thiazole rings is 1. The molecule has 10 heteroatoms. The van der Waals surface area contributed by atoms with E-state index in [2.05, 4.69) is 20.2 Å². The van der Waals surface area contributed by atoms with Gasteiger partial charge in [0, 0.05) is 32.4 Å². The predicted octanol–water partition coefficient (Wildman–Crippen LogP) is 2.50. The second kappa shape index (κ2) is 8.69. The van der Waals surface area contributed by atoms with Crippen LogP contribution in [-0.2, 0) is 19.1 Å². The topological polar surface area (TPSA) is 96.9 Å². The van der Waals surface area contributed by atoms with Gasteiger partial charge in [0.05, 0.1) is 10.2 Å². The van der Waals surface area contributed by atoms with Crippen LogP contribution in [0.1, 0.15) is 13.8 Å². The van der Waals surface area contributed by atoms with E-state index in [1.54, 1.807) is 24.9 Å². The molecule has 4 heterocycles. The zero-order chi connectivity index (χ0) is 23.0. The number of carbonyl (C=O) groups excluding carboxylic acids is 2. The van der Waals surface area contributed by atoms with Crippen LogP contribution in [0.25, 0.3) is 10.2 Å². The molecular formula is C23H25N5O4S. The smallest absolute Gasteiger partial charge is 0.258 e. The summed E-state index contributed by atoms with van der Waals surface area (Å²) in [5.41, 5.74) is 0.806. The molecule has 0 spiro atoms. The highest BCUT2D eigenvalue weighted by molar-refractivity contribution is 7.22. The van der Waals surface area contributed by atoms with Crippen molar-refractivity contribution in [3.63, 3.8) is 0 Å². The van der Waals surface area contributed by atoms with Crippen LogP contribution in [-0.4, -0.2) is 70.9 Å². The summed E-state index contributed by atoms with van der Waals surface area (Å²) in [4.78, 5) is 39.1. The number of fused-ring (bicyclic) bond motifs is 1. The van der Waals surface area contributed by atoms with E-state index < -0.39 is 23.9 Å². The van der Waals surface area contributed by atoms with Crippen molar-refractivity contribution in [1.82, 2.24) is 14.9 Å². The minimum absolute atomic E-state index is 0.245. The van der Waals surface area contributed by atoms with E-state index in [0.29, 0.717) is 31.3 Å². The van der Waals surface area contributed by atoms with E-state index in [-0.39, 0.29) is 5.91 Å². The highest BCUT2D eigenvalue weighted by atomic mass is 32.1. The van der Waals surface area contributed by atoms with Gasteiger partial charge in [-0.1, -0.05) is 29.5 Å². The van der Waals surface area contributed by atoms with E-state index in [4.69, 9.17) is 9.47 Å². The molecule has 2 aliphatic heterocycles. The van der Waals surface area contributed by atoms with Crippen molar-refractivity contribution in [2.24, 2.45) is 0 Å². The molecule has 172 valence electrons. The van der Waals surface area contributed by atoms with Crippen molar-refractivity contribution in [3.05, 3.63) is 48.7 Å². The van der Waals surface area contributed by atoms with Gasteiger partial charge in [-0.25, -0.2) is 9.97 Å².